The lowest BCUT2D eigenvalue weighted by molar-refractivity contribution is 0.475. The largest absolute Gasteiger partial charge is 0.508 e. The molecular formula is C12H13N3O2. The Bertz CT molecular complexity index is 506. The third-order valence-corrected chi connectivity index (χ3v) is 2.34. The van der Waals surface area contributed by atoms with Crippen molar-refractivity contribution >= 4 is 22.7 Å². The van der Waals surface area contributed by atoms with E-state index in [4.69, 9.17) is 11.5 Å². The van der Waals surface area contributed by atoms with Crippen LogP contribution in [0.1, 0.15) is 0 Å². The Labute approximate surface area is 98.3 Å². The molecule has 2 aromatic carbocycles. The summed E-state index contributed by atoms with van der Waals surface area (Å²) in [5, 5.41) is 21.7. The average molecular weight is 231 g/mol. The summed E-state index contributed by atoms with van der Waals surface area (Å²) in [6, 6.07) is 9.11. The van der Waals surface area contributed by atoms with Crippen molar-refractivity contribution in [1.29, 1.82) is 0 Å². The maximum atomic E-state index is 9.36. The monoisotopic (exact) mass is 231 g/mol. The Balaban J connectivity index is 2.37. The molecule has 5 heteroatoms. The number of aromatic hydroxyl groups is 2. The number of hydrogen-bond donors (Lipinski definition) is 5. The topological polar surface area (TPSA) is 105 Å². The molecule has 0 heterocycles. The van der Waals surface area contributed by atoms with Gasteiger partial charge in [-0.1, -0.05) is 0 Å². The zero-order chi connectivity index (χ0) is 12.4. The average Bonchev–Trinajstić information content (AvgIpc) is 2.28. The van der Waals surface area contributed by atoms with Crippen LogP contribution in [0.3, 0.4) is 0 Å². The zero-order valence-corrected chi connectivity index (χ0v) is 9.01. The van der Waals surface area contributed by atoms with Gasteiger partial charge in [-0.3, -0.25) is 0 Å². The van der Waals surface area contributed by atoms with E-state index in [0.717, 1.165) is 0 Å². The van der Waals surface area contributed by atoms with E-state index >= 15 is 0 Å². The third-order valence-electron chi connectivity index (χ3n) is 2.34. The van der Waals surface area contributed by atoms with Crippen molar-refractivity contribution in [3.8, 4) is 11.5 Å². The molecule has 0 aliphatic rings. The van der Waals surface area contributed by atoms with Crippen molar-refractivity contribution in [2.75, 3.05) is 16.8 Å². The Morgan fingerprint density at radius 1 is 0.765 bits per heavy atom. The van der Waals surface area contributed by atoms with Gasteiger partial charge >= 0.3 is 0 Å². The molecule has 88 valence electrons. The summed E-state index contributed by atoms with van der Waals surface area (Å²) >= 11 is 0. The van der Waals surface area contributed by atoms with Gasteiger partial charge in [0.2, 0.25) is 0 Å². The van der Waals surface area contributed by atoms with Crippen LogP contribution in [0, 0.1) is 0 Å². The van der Waals surface area contributed by atoms with Crippen molar-refractivity contribution in [2.24, 2.45) is 0 Å². The van der Waals surface area contributed by atoms with Crippen LogP contribution in [0.25, 0.3) is 0 Å². The van der Waals surface area contributed by atoms with Crippen molar-refractivity contribution in [3.63, 3.8) is 0 Å². The van der Waals surface area contributed by atoms with Crippen LogP contribution in [0.5, 0.6) is 11.5 Å². The smallest absolute Gasteiger partial charge is 0.117 e. The van der Waals surface area contributed by atoms with Crippen molar-refractivity contribution < 1.29 is 10.2 Å². The van der Waals surface area contributed by atoms with Gasteiger partial charge in [-0.2, -0.15) is 0 Å². The predicted octanol–water partition coefficient (Wildman–Crippen LogP) is 2.01. The van der Waals surface area contributed by atoms with Gasteiger partial charge in [0.15, 0.2) is 0 Å². The summed E-state index contributed by atoms with van der Waals surface area (Å²) in [4.78, 5) is 0. The molecule has 0 aromatic heterocycles. The van der Waals surface area contributed by atoms with Crippen LogP contribution >= 0.6 is 0 Å². The second-order valence-corrected chi connectivity index (χ2v) is 3.67. The van der Waals surface area contributed by atoms with Gasteiger partial charge in [-0.25, -0.2) is 0 Å². The summed E-state index contributed by atoms with van der Waals surface area (Å²) in [5.74, 6) is 0.195. The first-order chi connectivity index (χ1) is 8.06. The van der Waals surface area contributed by atoms with Gasteiger partial charge < -0.3 is 27.0 Å². The zero-order valence-electron chi connectivity index (χ0n) is 9.01. The lowest BCUT2D eigenvalue weighted by Crippen LogP contribution is -1.99. The summed E-state index contributed by atoms with van der Waals surface area (Å²) in [7, 11) is 0. The van der Waals surface area contributed by atoms with Gasteiger partial charge in [-0.15, -0.1) is 0 Å². The lowest BCUT2D eigenvalue weighted by Gasteiger charge is -2.12. The van der Waals surface area contributed by atoms with E-state index in [0.29, 0.717) is 22.7 Å². The summed E-state index contributed by atoms with van der Waals surface area (Å²) < 4.78 is 0. The van der Waals surface area contributed by atoms with Crippen molar-refractivity contribution in [1.82, 2.24) is 0 Å². The van der Waals surface area contributed by atoms with Gasteiger partial charge in [0.05, 0.1) is 22.7 Å². The van der Waals surface area contributed by atoms with Crippen LogP contribution in [-0.4, -0.2) is 10.2 Å². The molecule has 0 fully saturated rings. The fourth-order valence-corrected chi connectivity index (χ4v) is 1.45. The van der Waals surface area contributed by atoms with Crippen molar-refractivity contribution in [2.45, 2.75) is 0 Å². The molecule has 0 amide bonds. The van der Waals surface area contributed by atoms with Gasteiger partial charge in [0.1, 0.15) is 11.5 Å². The normalized spacial score (nSPS) is 10.1. The molecule has 2 aromatic rings. The van der Waals surface area contributed by atoms with E-state index in [-0.39, 0.29) is 11.5 Å². The Kier molecular flexibility index (Phi) is 2.66. The SMILES string of the molecule is Nc1ccc(O)cc1Nc1cc(O)ccc1N. The maximum absolute atomic E-state index is 9.36. The van der Waals surface area contributed by atoms with Crippen LogP contribution in [-0.2, 0) is 0 Å². The second-order valence-electron chi connectivity index (χ2n) is 3.67. The molecule has 0 unspecified atom stereocenters. The van der Waals surface area contributed by atoms with E-state index in [1.54, 1.807) is 12.1 Å². The Morgan fingerprint density at radius 3 is 1.59 bits per heavy atom. The molecule has 0 bridgehead atoms. The highest BCUT2D eigenvalue weighted by molar-refractivity contribution is 5.80. The van der Waals surface area contributed by atoms with E-state index in [2.05, 4.69) is 5.32 Å². The molecule has 0 saturated carbocycles. The molecule has 0 radical (unpaired) electrons. The Morgan fingerprint density at radius 2 is 1.18 bits per heavy atom. The molecule has 17 heavy (non-hydrogen) atoms. The minimum absolute atomic E-state index is 0.0976. The lowest BCUT2D eigenvalue weighted by atomic mass is 10.2. The fraction of sp³-hybridized carbons (Fsp3) is 0. The number of benzene rings is 2. The summed E-state index contributed by atoms with van der Waals surface area (Å²) in [6.45, 7) is 0. The van der Waals surface area contributed by atoms with E-state index in [1.807, 2.05) is 0 Å². The molecule has 2 rings (SSSR count). The predicted molar refractivity (Wildman–Crippen MR) is 68.3 cm³/mol. The molecule has 5 nitrogen and oxygen atoms in total. The number of nitrogen functional groups attached to an aromatic ring is 2. The number of nitrogens with one attached hydrogen (secondary N) is 1. The summed E-state index contributed by atoms with van der Waals surface area (Å²) in [6.07, 6.45) is 0. The van der Waals surface area contributed by atoms with E-state index < -0.39 is 0 Å². The maximum Gasteiger partial charge on any atom is 0.117 e. The number of nitrogens with two attached hydrogens (primary N) is 2. The van der Waals surface area contributed by atoms with E-state index in [9.17, 15) is 10.2 Å². The van der Waals surface area contributed by atoms with Crippen molar-refractivity contribution in [3.05, 3.63) is 36.4 Å². The van der Waals surface area contributed by atoms with Gasteiger partial charge in [0, 0.05) is 12.1 Å². The number of phenolic OH excluding ortho intramolecular Hbond substituents is 2. The fourth-order valence-electron chi connectivity index (χ4n) is 1.45. The number of phenols is 2. The highest BCUT2D eigenvalue weighted by Crippen LogP contribution is 2.31. The molecule has 0 saturated heterocycles. The first-order valence-corrected chi connectivity index (χ1v) is 5.00. The van der Waals surface area contributed by atoms with Gasteiger partial charge in [-0.05, 0) is 24.3 Å². The van der Waals surface area contributed by atoms with Crippen LogP contribution in [0.4, 0.5) is 22.7 Å². The third kappa shape index (κ3) is 2.34. The highest BCUT2D eigenvalue weighted by atomic mass is 16.3. The van der Waals surface area contributed by atoms with E-state index in [1.165, 1.54) is 24.3 Å². The molecular weight excluding hydrogens is 218 g/mol. The van der Waals surface area contributed by atoms with Gasteiger partial charge in [0.25, 0.3) is 0 Å². The first kappa shape index (κ1) is 10.9. The second kappa shape index (κ2) is 4.13. The molecule has 0 aliphatic carbocycles. The first-order valence-electron chi connectivity index (χ1n) is 5.00. The quantitative estimate of drug-likeness (QED) is 0.401. The minimum atomic E-state index is 0.0976. The van der Waals surface area contributed by atoms with Crippen LogP contribution < -0.4 is 16.8 Å². The number of hydrogen-bond acceptors (Lipinski definition) is 5. The number of anilines is 4. The number of rotatable bonds is 2. The van der Waals surface area contributed by atoms with Crippen LogP contribution in [0.15, 0.2) is 36.4 Å². The summed E-state index contributed by atoms with van der Waals surface area (Å²) in [5.41, 5.74) is 13.5. The molecule has 0 aliphatic heterocycles. The molecule has 0 spiro atoms. The molecule has 0 atom stereocenters. The highest BCUT2D eigenvalue weighted by Gasteiger charge is 2.04. The standard InChI is InChI=1S/C12H13N3O2/c13-9-3-1-7(16)5-11(9)15-12-6-8(17)2-4-10(12)14/h1-6,15-17H,13-14H2. The molecule has 7 N–H and O–H groups in total. The minimum Gasteiger partial charge on any atom is -0.508 e. The Hall–Kier alpha value is -2.56. The van der Waals surface area contributed by atoms with Crippen LogP contribution in [0.2, 0.25) is 0 Å².